The smallest absolute Gasteiger partial charge is 0.126 e. The summed E-state index contributed by atoms with van der Waals surface area (Å²) in [4.78, 5) is 13.1. The maximum absolute atomic E-state index is 4.52. The number of hydrogen-bond acceptors (Lipinski definition) is 4. The van der Waals surface area contributed by atoms with Crippen molar-refractivity contribution in [3.63, 3.8) is 0 Å². The fourth-order valence-electron chi connectivity index (χ4n) is 2.03. The van der Waals surface area contributed by atoms with Gasteiger partial charge < -0.3 is 5.32 Å². The van der Waals surface area contributed by atoms with Crippen molar-refractivity contribution in [3.8, 4) is 11.3 Å². The van der Waals surface area contributed by atoms with E-state index >= 15 is 0 Å². The van der Waals surface area contributed by atoms with Gasteiger partial charge in [0, 0.05) is 36.6 Å². The van der Waals surface area contributed by atoms with Crippen LogP contribution in [0.1, 0.15) is 17.1 Å². The van der Waals surface area contributed by atoms with Crippen LogP contribution >= 0.6 is 0 Å². The molecule has 0 aromatic carbocycles. The van der Waals surface area contributed by atoms with Gasteiger partial charge in [-0.2, -0.15) is 0 Å². The molecule has 3 rings (SSSR count). The summed E-state index contributed by atoms with van der Waals surface area (Å²) in [6.45, 7) is 3.62. The third kappa shape index (κ3) is 1.47. The molecule has 0 bridgehead atoms. The predicted octanol–water partition coefficient (Wildman–Crippen LogP) is 1.45. The van der Waals surface area contributed by atoms with Crippen molar-refractivity contribution in [2.45, 2.75) is 20.0 Å². The van der Waals surface area contributed by atoms with Gasteiger partial charge in [-0.15, -0.1) is 0 Å². The highest BCUT2D eigenvalue weighted by molar-refractivity contribution is 5.63. The number of aromatic nitrogens is 3. The van der Waals surface area contributed by atoms with Crippen LogP contribution in [-0.4, -0.2) is 15.0 Å². The van der Waals surface area contributed by atoms with Gasteiger partial charge in [0.15, 0.2) is 0 Å². The molecule has 2 aromatic rings. The summed E-state index contributed by atoms with van der Waals surface area (Å²) < 4.78 is 0. The first-order chi connectivity index (χ1) is 7.84. The number of rotatable bonds is 1. The van der Waals surface area contributed by atoms with Crippen LogP contribution in [-0.2, 0) is 13.1 Å². The summed E-state index contributed by atoms with van der Waals surface area (Å²) in [6, 6.07) is 3.97. The minimum atomic E-state index is 0.821. The van der Waals surface area contributed by atoms with Crippen LogP contribution in [0.25, 0.3) is 11.3 Å². The Kier molecular flexibility index (Phi) is 2.15. The Morgan fingerprint density at radius 3 is 3.00 bits per heavy atom. The normalized spacial score (nSPS) is 13.8. The largest absolute Gasteiger partial charge is 0.307 e. The Balaban J connectivity index is 2.21. The van der Waals surface area contributed by atoms with E-state index in [9.17, 15) is 0 Å². The molecular weight excluding hydrogens is 200 g/mol. The van der Waals surface area contributed by atoms with Crippen molar-refractivity contribution in [2.75, 3.05) is 0 Å². The number of aryl methyl sites for hydroxylation is 1. The predicted molar refractivity (Wildman–Crippen MR) is 60.5 cm³/mol. The Morgan fingerprint density at radius 2 is 2.19 bits per heavy atom. The number of nitrogens with zero attached hydrogens (tertiary/aromatic N) is 3. The molecule has 80 valence electrons. The molecule has 0 saturated carbocycles. The Morgan fingerprint density at radius 1 is 1.25 bits per heavy atom. The van der Waals surface area contributed by atoms with Crippen LogP contribution < -0.4 is 5.32 Å². The van der Waals surface area contributed by atoms with Crippen molar-refractivity contribution < 1.29 is 0 Å². The molecule has 0 unspecified atom stereocenters. The standard InChI is InChI=1S/C12H12N4/c1-8-15-11-7-14-6-10(11)12(16-8)9-3-2-4-13-5-9/h2-5,14H,6-7H2,1H3. The summed E-state index contributed by atoms with van der Waals surface area (Å²) >= 11 is 0. The second-order valence-corrected chi connectivity index (χ2v) is 3.89. The average Bonchev–Trinajstić information content (AvgIpc) is 2.77. The molecule has 0 spiro atoms. The van der Waals surface area contributed by atoms with Gasteiger partial charge in [0.05, 0.1) is 11.4 Å². The van der Waals surface area contributed by atoms with Crippen molar-refractivity contribution in [1.29, 1.82) is 0 Å². The zero-order valence-corrected chi connectivity index (χ0v) is 9.07. The van der Waals surface area contributed by atoms with E-state index in [0.717, 1.165) is 35.9 Å². The second-order valence-electron chi connectivity index (χ2n) is 3.89. The highest BCUT2D eigenvalue weighted by Crippen LogP contribution is 2.25. The lowest BCUT2D eigenvalue weighted by atomic mass is 10.1. The molecule has 4 nitrogen and oxygen atoms in total. The van der Waals surface area contributed by atoms with E-state index in [1.807, 2.05) is 25.3 Å². The third-order valence-electron chi connectivity index (χ3n) is 2.73. The Labute approximate surface area is 93.8 Å². The van der Waals surface area contributed by atoms with Gasteiger partial charge in [0.1, 0.15) is 5.82 Å². The lowest BCUT2D eigenvalue weighted by Crippen LogP contribution is -2.00. The summed E-state index contributed by atoms with van der Waals surface area (Å²) in [5.41, 5.74) is 4.40. The molecule has 1 N–H and O–H groups in total. The van der Waals surface area contributed by atoms with Gasteiger partial charge in [-0.3, -0.25) is 4.98 Å². The van der Waals surface area contributed by atoms with Gasteiger partial charge in [0.25, 0.3) is 0 Å². The zero-order chi connectivity index (χ0) is 11.0. The summed E-state index contributed by atoms with van der Waals surface area (Å²) in [7, 11) is 0. The molecule has 0 aliphatic carbocycles. The molecule has 1 aliphatic heterocycles. The van der Waals surface area contributed by atoms with Crippen molar-refractivity contribution in [2.24, 2.45) is 0 Å². The summed E-state index contributed by atoms with van der Waals surface area (Å²) in [5.74, 6) is 0.821. The number of hydrogen-bond donors (Lipinski definition) is 1. The van der Waals surface area contributed by atoms with Crippen molar-refractivity contribution >= 4 is 0 Å². The molecule has 0 amide bonds. The van der Waals surface area contributed by atoms with Crippen LogP contribution in [0, 0.1) is 6.92 Å². The van der Waals surface area contributed by atoms with Gasteiger partial charge in [-0.1, -0.05) is 0 Å². The van der Waals surface area contributed by atoms with Crippen LogP contribution in [0.4, 0.5) is 0 Å². The van der Waals surface area contributed by atoms with Crippen LogP contribution in [0.2, 0.25) is 0 Å². The van der Waals surface area contributed by atoms with Crippen LogP contribution in [0.15, 0.2) is 24.5 Å². The van der Waals surface area contributed by atoms with Crippen molar-refractivity contribution in [3.05, 3.63) is 41.6 Å². The topological polar surface area (TPSA) is 50.7 Å². The SMILES string of the molecule is Cc1nc2c(c(-c3cccnc3)n1)CNC2. The van der Waals surface area contributed by atoms with Crippen LogP contribution in [0.3, 0.4) is 0 Å². The maximum atomic E-state index is 4.52. The minimum absolute atomic E-state index is 0.821. The van der Waals surface area contributed by atoms with E-state index in [1.54, 1.807) is 6.20 Å². The molecule has 0 radical (unpaired) electrons. The monoisotopic (exact) mass is 212 g/mol. The summed E-state index contributed by atoms with van der Waals surface area (Å²) in [6.07, 6.45) is 3.62. The van der Waals surface area contributed by atoms with Gasteiger partial charge in [-0.25, -0.2) is 9.97 Å². The molecule has 4 heteroatoms. The highest BCUT2D eigenvalue weighted by Gasteiger charge is 2.18. The first-order valence-corrected chi connectivity index (χ1v) is 5.32. The maximum Gasteiger partial charge on any atom is 0.126 e. The molecule has 1 aliphatic rings. The van der Waals surface area contributed by atoms with E-state index in [1.165, 1.54) is 5.56 Å². The Hall–Kier alpha value is -1.81. The molecule has 0 saturated heterocycles. The second kappa shape index (κ2) is 3.64. The van der Waals surface area contributed by atoms with Crippen molar-refractivity contribution in [1.82, 2.24) is 20.3 Å². The lowest BCUT2D eigenvalue weighted by molar-refractivity contribution is 0.757. The fourth-order valence-corrected chi connectivity index (χ4v) is 2.03. The Bertz CT molecular complexity index is 522. The third-order valence-corrected chi connectivity index (χ3v) is 2.73. The lowest BCUT2D eigenvalue weighted by Gasteiger charge is -2.07. The van der Waals surface area contributed by atoms with Gasteiger partial charge >= 0.3 is 0 Å². The van der Waals surface area contributed by atoms with E-state index < -0.39 is 0 Å². The molecule has 2 aromatic heterocycles. The highest BCUT2D eigenvalue weighted by atomic mass is 15.0. The van der Waals surface area contributed by atoms with Crippen LogP contribution in [0.5, 0.6) is 0 Å². The average molecular weight is 212 g/mol. The number of pyridine rings is 1. The van der Waals surface area contributed by atoms with Gasteiger partial charge in [-0.05, 0) is 19.1 Å². The molecule has 3 heterocycles. The molecule has 0 atom stereocenters. The number of fused-ring (bicyclic) bond motifs is 1. The quantitative estimate of drug-likeness (QED) is 0.777. The molecule has 0 fully saturated rings. The zero-order valence-electron chi connectivity index (χ0n) is 9.07. The molecular formula is C12H12N4. The minimum Gasteiger partial charge on any atom is -0.307 e. The van der Waals surface area contributed by atoms with E-state index in [0.29, 0.717) is 0 Å². The summed E-state index contributed by atoms with van der Waals surface area (Å²) in [5, 5.41) is 3.30. The van der Waals surface area contributed by atoms with Gasteiger partial charge in [0.2, 0.25) is 0 Å². The fraction of sp³-hybridized carbons (Fsp3) is 0.250. The first-order valence-electron chi connectivity index (χ1n) is 5.32. The first kappa shape index (κ1) is 9.42. The number of nitrogens with one attached hydrogen (secondary N) is 1. The van der Waals surface area contributed by atoms with E-state index in [2.05, 4.69) is 20.3 Å². The molecule has 16 heavy (non-hydrogen) atoms. The van der Waals surface area contributed by atoms with E-state index in [4.69, 9.17) is 0 Å². The van der Waals surface area contributed by atoms with E-state index in [-0.39, 0.29) is 0 Å².